The predicted octanol–water partition coefficient (Wildman–Crippen LogP) is 3.16. The van der Waals surface area contributed by atoms with Crippen LogP contribution in [0.3, 0.4) is 0 Å². The number of benzene rings is 1. The first-order valence-electron chi connectivity index (χ1n) is 6.50. The summed E-state index contributed by atoms with van der Waals surface area (Å²) in [6, 6.07) is 7.30. The van der Waals surface area contributed by atoms with Crippen molar-refractivity contribution in [1.82, 2.24) is 5.32 Å². The number of halogens is 1. The summed E-state index contributed by atoms with van der Waals surface area (Å²) in [6.45, 7) is 6.96. The highest BCUT2D eigenvalue weighted by Crippen LogP contribution is 2.17. The van der Waals surface area contributed by atoms with E-state index in [0.29, 0.717) is 11.4 Å². The van der Waals surface area contributed by atoms with Gasteiger partial charge in [0.05, 0.1) is 12.1 Å². The largest absolute Gasteiger partial charge is 0.444 e. The van der Waals surface area contributed by atoms with Crippen molar-refractivity contribution < 1.29 is 14.6 Å². The molecule has 20 heavy (non-hydrogen) atoms. The van der Waals surface area contributed by atoms with Crippen molar-refractivity contribution in [3.63, 3.8) is 0 Å². The summed E-state index contributed by atoms with van der Waals surface area (Å²) in [6.07, 6.45) is -0.0529. The molecule has 0 fully saturated rings. The predicted molar refractivity (Wildman–Crippen MR) is 80.0 cm³/mol. The van der Waals surface area contributed by atoms with Gasteiger partial charge >= 0.3 is 6.09 Å². The van der Waals surface area contributed by atoms with E-state index in [-0.39, 0.29) is 6.61 Å². The van der Waals surface area contributed by atoms with Gasteiger partial charge in [-0.3, -0.25) is 0 Å². The van der Waals surface area contributed by atoms with Gasteiger partial charge in [-0.25, -0.2) is 4.79 Å². The molecule has 1 rings (SSSR count). The van der Waals surface area contributed by atoms with E-state index in [4.69, 9.17) is 16.3 Å². The number of aliphatic hydroxyl groups is 1. The number of amides is 1. The summed E-state index contributed by atoms with van der Waals surface area (Å²) in [5.41, 5.74) is -0.376. The second kappa shape index (κ2) is 6.46. The number of hydrogen-bond donors (Lipinski definition) is 2. The number of aliphatic hydroxyl groups excluding tert-OH is 1. The first-order valence-corrected chi connectivity index (χ1v) is 6.88. The summed E-state index contributed by atoms with van der Waals surface area (Å²) in [7, 11) is 0. The second-order valence-electron chi connectivity index (χ2n) is 6.15. The number of carbonyl (C=O) groups excluding carboxylic acids is 1. The lowest BCUT2D eigenvalue weighted by atomic mass is 9.94. The van der Waals surface area contributed by atoms with E-state index < -0.39 is 17.2 Å². The summed E-state index contributed by atoms with van der Waals surface area (Å²) in [4.78, 5) is 11.8. The minimum Gasteiger partial charge on any atom is -0.444 e. The molecule has 0 saturated carbocycles. The van der Waals surface area contributed by atoms with Crippen LogP contribution in [0.25, 0.3) is 0 Å². The van der Waals surface area contributed by atoms with Crippen molar-refractivity contribution in [1.29, 1.82) is 0 Å². The number of nitrogens with one attached hydrogen (secondary N) is 1. The van der Waals surface area contributed by atoms with Gasteiger partial charge in [0, 0.05) is 5.02 Å². The average molecular weight is 300 g/mol. The van der Waals surface area contributed by atoms with Gasteiger partial charge in [0.25, 0.3) is 0 Å². The Morgan fingerprint density at radius 2 is 1.80 bits per heavy atom. The van der Waals surface area contributed by atoms with E-state index >= 15 is 0 Å². The van der Waals surface area contributed by atoms with Crippen LogP contribution >= 0.6 is 11.6 Å². The molecular weight excluding hydrogens is 278 g/mol. The lowest BCUT2D eigenvalue weighted by Crippen LogP contribution is -2.52. The first kappa shape index (κ1) is 16.8. The van der Waals surface area contributed by atoms with Crippen LogP contribution in [0.2, 0.25) is 5.02 Å². The molecule has 0 aromatic heterocycles. The maximum absolute atomic E-state index is 11.8. The number of ether oxygens (including phenoxy) is 1. The molecule has 0 spiro atoms. The van der Waals surface area contributed by atoms with Gasteiger partial charge in [-0.15, -0.1) is 0 Å². The van der Waals surface area contributed by atoms with Crippen LogP contribution in [0, 0.1) is 0 Å². The summed E-state index contributed by atoms with van der Waals surface area (Å²) in [5.74, 6) is 0. The Morgan fingerprint density at radius 3 is 2.25 bits per heavy atom. The van der Waals surface area contributed by atoms with Gasteiger partial charge in [0.15, 0.2) is 0 Å². The van der Waals surface area contributed by atoms with Crippen molar-refractivity contribution in [3.8, 4) is 0 Å². The molecular formula is C15H22ClNO3. The molecule has 0 radical (unpaired) electrons. The molecule has 5 heteroatoms. The Labute approximate surface area is 125 Å². The van der Waals surface area contributed by atoms with E-state index in [1.807, 2.05) is 12.1 Å². The molecule has 1 aromatic carbocycles. The Bertz CT molecular complexity index is 453. The molecule has 0 saturated heterocycles. The minimum absolute atomic E-state index is 0.186. The Hall–Kier alpha value is -1.26. The Kier molecular flexibility index (Phi) is 5.42. The summed E-state index contributed by atoms with van der Waals surface area (Å²) in [5, 5.41) is 12.9. The quantitative estimate of drug-likeness (QED) is 0.898. The van der Waals surface area contributed by atoms with Crippen LogP contribution in [0.5, 0.6) is 0 Å². The van der Waals surface area contributed by atoms with Gasteiger partial charge in [0.2, 0.25) is 0 Å². The van der Waals surface area contributed by atoms with Crippen molar-refractivity contribution >= 4 is 17.7 Å². The lowest BCUT2D eigenvalue weighted by molar-refractivity contribution is 0.0415. The SMILES string of the molecule is CC(CO)(Cc1ccc(Cl)cc1)NC(=O)OC(C)(C)C. The average Bonchev–Trinajstić information content (AvgIpc) is 2.29. The third-order valence-corrected chi connectivity index (χ3v) is 2.91. The fourth-order valence-corrected chi connectivity index (χ4v) is 1.87. The summed E-state index contributed by atoms with van der Waals surface area (Å²) < 4.78 is 5.21. The van der Waals surface area contributed by atoms with Crippen LogP contribution in [-0.2, 0) is 11.2 Å². The number of carbonyl (C=O) groups is 1. The first-order chi connectivity index (χ1) is 9.13. The van der Waals surface area contributed by atoms with Crippen molar-refractivity contribution in [2.45, 2.75) is 45.3 Å². The lowest BCUT2D eigenvalue weighted by Gasteiger charge is -2.30. The van der Waals surface area contributed by atoms with Gasteiger partial charge in [-0.1, -0.05) is 23.7 Å². The fraction of sp³-hybridized carbons (Fsp3) is 0.533. The molecule has 0 heterocycles. The molecule has 4 nitrogen and oxygen atoms in total. The van der Waals surface area contributed by atoms with E-state index in [2.05, 4.69) is 5.32 Å². The third kappa shape index (κ3) is 5.80. The molecule has 0 aliphatic heterocycles. The topological polar surface area (TPSA) is 58.6 Å². The van der Waals surface area contributed by atoms with Crippen LogP contribution < -0.4 is 5.32 Å². The van der Waals surface area contributed by atoms with Crippen molar-refractivity contribution in [2.24, 2.45) is 0 Å². The van der Waals surface area contributed by atoms with Crippen molar-refractivity contribution in [2.75, 3.05) is 6.61 Å². The second-order valence-corrected chi connectivity index (χ2v) is 6.59. The fourth-order valence-electron chi connectivity index (χ4n) is 1.74. The van der Waals surface area contributed by atoms with Crippen LogP contribution in [0.1, 0.15) is 33.3 Å². The molecule has 112 valence electrons. The van der Waals surface area contributed by atoms with Crippen LogP contribution in [-0.4, -0.2) is 28.9 Å². The van der Waals surface area contributed by atoms with E-state index in [9.17, 15) is 9.90 Å². The molecule has 1 aromatic rings. The normalized spacial score (nSPS) is 14.5. The highest BCUT2D eigenvalue weighted by Gasteiger charge is 2.28. The number of alkyl carbamates (subject to hydrolysis) is 1. The van der Waals surface area contributed by atoms with Crippen molar-refractivity contribution in [3.05, 3.63) is 34.9 Å². The highest BCUT2D eigenvalue weighted by molar-refractivity contribution is 6.30. The minimum atomic E-state index is -0.782. The molecule has 2 N–H and O–H groups in total. The zero-order valence-corrected chi connectivity index (χ0v) is 13.1. The maximum Gasteiger partial charge on any atom is 0.408 e. The molecule has 0 bridgehead atoms. The van der Waals surface area contributed by atoms with Gasteiger partial charge in [0.1, 0.15) is 5.60 Å². The van der Waals surface area contributed by atoms with Gasteiger partial charge < -0.3 is 15.2 Å². The Balaban J connectivity index is 2.71. The number of hydrogen-bond acceptors (Lipinski definition) is 3. The molecule has 1 amide bonds. The maximum atomic E-state index is 11.8. The van der Waals surface area contributed by atoms with Gasteiger partial charge in [-0.05, 0) is 51.8 Å². The monoisotopic (exact) mass is 299 g/mol. The zero-order chi connectivity index (χ0) is 15.4. The Morgan fingerprint density at radius 1 is 1.25 bits per heavy atom. The van der Waals surface area contributed by atoms with Gasteiger partial charge in [-0.2, -0.15) is 0 Å². The molecule has 1 atom stereocenters. The smallest absolute Gasteiger partial charge is 0.408 e. The van der Waals surface area contributed by atoms with Crippen LogP contribution in [0.15, 0.2) is 24.3 Å². The van der Waals surface area contributed by atoms with E-state index in [0.717, 1.165) is 5.56 Å². The molecule has 0 aliphatic rings. The summed E-state index contributed by atoms with van der Waals surface area (Å²) >= 11 is 5.83. The van der Waals surface area contributed by atoms with E-state index in [1.54, 1.807) is 39.8 Å². The molecule has 1 unspecified atom stereocenters. The van der Waals surface area contributed by atoms with E-state index in [1.165, 1.54) is 0 Å². The standard InChI is InChI=1S/C15H22ClNO3/c1-14(2,3)20-13(19)17-15(4,10-18)9-11-5-7-12(16)8-6-11/h5-8,18H,9-10H2,1-4H3,(H,17,19). The van der Waals surface area contributed by atoms with Crippen LogP contribution in [0.4, 0.5) is 4.79 Å². The number of rotatable bonds is 4. The zero-order valence-electron chi connectivity index (χ0n) is 12.4. The molecule has 0 aliphatic carbocycles. The third-order valence-electron chi connectivity index (χ3n) is 2.66. The highest BCUT2D eigenvalue weighted by atomic mass is 35.5.